The highest BCUT2D eigenvalue weighted by Gasteiger charge is 2.24. The van der Waals surface area contributed by atoms with Crippen molar-refractivity contribution in [2.24, 2.45) is 7.05 Å². The monoisotopic (exact) mass is 465 g/mol. The summed E-state index contributed by atoms with van der Waals surface area (Å²) in [4.78, 5) is 0. The summed E-state index contributed by atoms with van der Waals surface area (Å²) in [5, 5.41) is 11.7. The van der Waals surface area contributed by atoms with Gasteiger partial charge in [-0.1, -0.05) is 72.8 Å². The molecule has 0 saturated heterocycles. The van der Waals surface area contributed by atoms with Crippen molar-refractivity contribution in [2.75, 3.05) is 0 Å². The van der Waals surface area contributed by atoms with Crippen LogP contribution < -0.4 is 4.57 Å². The second-order valence-electron chi connectivity index (χ2n) is 9.26. The van der Waals surface area contributed by atoms with Crippen LogP contribution in [0.2, 0.25) is 0 Å². The highest BCUT2D eigenvalue weighted by Crippen LogP contribution is 2.41. The third kappa shape index (κ3) is 3.39. The van der Waals surface area contributed by atoms with E-state index < -0.39 is 0 Å². The van der Waals surface area contributed by atoms with Gasteiger partial charge in [0.2, 0.25) is 5.69 Å². The molecule has 3 heteroatoms. The lowest BCUT2D eigenvalue weighted by Gasteiger charge is -2.10. The van der Waals surface area contributed by atoms with Crippen molar-refractivity contribution in [3.05, 3.63) is 114 Å². The number of rotatable bonds is 3. The van der Waals surface area contributed by atoms with Crippen molar-refractivity contribution in [3.63, 3.8) is 0 Å². The van der Waals surface area contributed by atoms with Crippen molar-refractivity contribution in [1.82, 2.24) is 0 Å². The van der Waals surface area contributed by atoms with Crippen LogP contribution in [0.4, 0.5) is 0 Å². The van der Waals surface area contributed by atoms with Crippen molar-refractivity contribution < 1.29 is 8.98 Å². The summed E-state index contributed by atoms with van der Waals surface area (Å²) in [6, 6.07) is 35.4. The quantitative estimate of drug-likeness (QED) is 0.249. The molecule has 6 aromatic rings. The number of hydrogen-bond acceptors (Lipinski definition) is 2. The first-order valence-electron chi connectivity index (χ1n) is 12.1. The smallest absolute Gasteiger partial charge is 0.216 e. The minimum atomic E-state index is 0.625. The average molecular weight is 466 g/mol. The number of fused-ring (bicyclic) bond motifs is 3. The average Bonchev–Trinajstić information content (AvgIpc) is 3.29. The summed E-state index contributed by atoms with van der Waals surface area (Å²) in [6.07, 6.45) is 0. The topological polar surface area (TPSA) is 40.8 Å². The van der Waals surface area contributed by atoms with Gasteiger partial charge in [-0.05, 0) is 41.8 Å². The maximum absolute atomic E-state index is 9.76. The van der Waals surface area contributed by atoms with Gasteiger partial charge in [-0.15, -0.1) is 0 Å². The van der Waals surface area contributed by atoms with Gasteiger partial charge in [0, 0.05) is 34.9 Å². The molecule has 0 aliphatic heterocycles. The Hall–Kier alpha value is -4.68. The fraction of sp³-hybridized carbons (Fsp3) is 0.0909. The number of furan rings is 1. The lowest BCUT2D eigenvalue weighted by atomic mass is 9.96. The Morgan fingerprint density at radius 2 is 1.36 bits per heavy atom. The molecule has 0 bridgehead atoms. The summed E-state index contributed by atoms with van der Waals surface area (Å²) in [7, 11) is 2.11. The molecule has 3 nitrogen and oxygen atoms in total. The van der Waals surface area contributed by atoms with E-state index in [1.54, 1.807) is 0 Å². The van der Waals surface area contributed by atoms with Crippen LogP contribution in [0.15, 0.2) is 101 Å². The maximum Gasteiger partial charge on any atom is 0.216 e. The van der Waals surface area contributed by atoms with E-state index in [2.05, 4.69) is 92.2 Å². The van der Waals surface area contributed by atoms with E-state index >= 15 is 0 Å². The SMILES string of the molecule is Cc1ccc2c(oc3c(-c4ccccc4)cc(C#N)cc32)c1-c1ccc(-c2ccccc2)c(C)[n+]1C. The Morgan fingerprint density at radius 3 is 2.03 bits per heavy atom. The molecule has 0 radical (unpaired) electrons. The number of aromatic nitrogens is 1. The Labute approximate surface area is 210 Å². The maximum atomic E-state index is 9.76. The Morgan fingerprint density at radius 1 is 0.694 bits per heavy atom. The van der Waals surface area contributed by atoms with Gasteiger partial charge < -0.3 is 4.42 Å². The lowest BCUT2D eigenvalue weighted by Crippen LogP contribution is -2.35. The van der Waals surface area contributed by atoms with Gasteiger partial charge in [-0.3, -0.25) is 0 Å². The number of pyridine rings is 1. The lowest BCUT2D eigenvalue weighted by molar-refractivity contribution is -0.666. The van der Waals surface area contributed by atoms with Gasteiger partial charge in [0.25, 0.3) is 0 Å². The second kappa shape index (κ2) is 8.52. The molecule has 0 spiro atoms. The molecule has 0 saturated carbocycles. The van der Waals surface area contributed by atoms with Crippen LogP contribution >= 0.6 is 0 Å². The van der Waals surface area contributed by atoms with Crippen molar-refractivity contribution in [1.29, 1.82) is 5.26 Å². The van der Waals surface area contributed by atoms with Crippen LogP contribution in [0.3, 0.4) is 0 Å². The predicted molar refractivity (Wildman–Crippen MR) is 145 cm³/mol. The van der Waals surface area contributed by atoms with E-state index in [9.17, 15) is 5.26 Å². The standard InChI is InChI=1S/C33H25N2O/c1-21-14-15-27-29-19-23(20-34)18-28(25-12-8-5-9-13-25)32(29)36-33(27)31(21)30-17-16-26(22(2)35(30)3)24-10-6-4-7-11-24/h4-19H,1-3H3/q+1. The third-order valence-corrected chi connectivity index (χ3v) is 7.17. The first-order valence-corrected chi connectivity index (χ1v) is 12.1. The van der Waals surface area contributed by atoms with Crippen LogP contribution in [0.1, 0.15) is 16.8 Å². The Kier molecular flexibility index (Phi) is 5.16. The van der Waals surface area contributed by atoms with E-state index in [0.29, 0.717) is 5.56 Å². The molecule has 0 N–H and O–H groups in total. The summed E-state index contributed by atoms with van der Waals surface area (Å²) < 4.78 is 8.94. The zero-order valence-electron chi connectivity index (χ0n) is 20.5. The molecule has 0 aliphatic rings. The van der Waals surface area contributed by atoms with E-state index in [4.69, 9.17) is 4.42 Å². The fourth-order valence-electron chi connectivity index (χ4n) is 5.19. The minimum absolute atomic E-state index is 0.625. The normalized spacial score (nSPS) is 11.2. The molecule has 0 amide bonds. The molecule has 6 rings (SSSR count). The van der Waals surface area contributed by atoms with Gasteiger partial charge in [0.1, 0.15) is 18.2 Å². The highest BCUT2D eigenvalue weighted by molar-refractivity contribution is 6.13. The van der Waals surface area contributed by atoms with E-state index in [-0.39, 0.29) is 0 Å². The molecule has 2 aromatic heterocycles. The van der Waals surface area contributed by atoms with E-state index in [0.717, 1.165) is 49.9 Å². The summed E-state index contributed by atoms with van der Waals surface area (Å²) in [5.74, 6) is 0. The van der Waals surface area contributed by atoms with Crippen molar-refractivity contribution >= 4 is 21.9 Å². The minimum Gasteiger partial charge on any atom is -0.454 e. The van der Waals surface area contributed by atoms with Crippen LogP contribution in [0, 0.1) is 25.2 Å². The number of benzene rings is 4. The van der Waals surface area contributed by atoms with Gasteiger partial charge in [-0.2, -0.15) is 9.83 Å². The molecule has 4 aromatic carbocycles. The molecular formula is C33H25N2O+. The van der Waals surface area contributed by atoms with Crippen molar-refractivity contribution in [2.45, 2.75) is 13.8 Å². The molecule has 0 aliphatic carbocycles. The summed E-state index contributed by atoms with van der Waals surface area (Å²) >= 11 is 0. The summed E-state index contributed by atoms with van der Waals surface area (Å²) in [6.45, 7) is 4.29. The molecule has 36 heavy (non-hydrogen) atoms. The Bertz CT molecular complexity index is 1810. The number of aryl methyl sites for hydroxylation is 1. The first-order chi connectivity index (χ1) is 17.6. The number of nitrogens with zero attached hydrogens (tertiary/aromatic N) is 2. The van der Waals surface area contributed by atoms with Crippen LogP contribution in [-0.4, -0.2) is 0 Å². The molecule has 0 unspecified atom stereocenters. The molecule has 172 valence electrons. The van der Waals surface area contributed by atoms with Gasteiger partial charge >= 0.3 is 0 Å². The summed E-state index contributed by atoms with van der Waals surface area (Å²) in [5.41, 5.74) is 11.2. The van der Waals surface area contributed by atoms with Crippen LogP contribution in [0.5, 0.6) is 0 Å². The zero-order chi connectivity index (χ0) is 24.8. The van der Waals surface area contributed by atoms with Gasteiger partial charge in [0.15, 0.2) is 5.69 Å². The fourth-order valence-corrected chi connectivity index (χ4v) is 5.19. The van der Waals surface area contributed by atoms with Crippen molar-refractivity contribution in [3.8, 4) is 39.6 Å². The largest absolute Gasteiger partial charge is 0.454 e. The third-order valence-electron chi connectivity index (χ3n) is 7.17. The van der Waals surface area contributed by atoms with Crippen LogP contribution in [-0.2, 0) is 7.05 Å². The second-order valence-corrected chi connectivity index (χ2v) is 9.26. The number of nitriles is 1. The van der Waals surface area contributed by atoms with Crippen LogP contribution in [0.25, 0.3) is 55.4 Å². The van der Waals surface area contributed by atoms with Gasteiger partial charge in [0.05, 0.1) is 17.2 Å². The first kappa shape index (κ1) is 21.8. The predicted octanol–water partition coefficient (Wildman–Crippen LogP) is 7.90. The molecule has 2 heterocycles. The highest BCUT2D eigenvalue weighted by atomic mass is 16.3. The molecule has 0 atom stereocenters. The Balaban J connectivity index is 1.65. The van der Waals surface area contributed by atoms with E-state index in [1.165, 1.54) is 16.8 Å². The molecule has 0 fully saturated rings. The number of hydrogen-bond donors (Lipinski definition) is 0. The zero-order valence-corrected chi connectivity index (χ0v) is 20.5. The molecular weight excluding hydrogens is 440 g/mol. The van der Waals surface area contributed by atoms with Gasteiger partial charge in [-0.25, -0.2) is 0 Å². The van der Waals surface area contributed by atoms with E-state index in [1.807, 2.05) is 36.4 Å².